The van der Waals surface area contributed by atoms with Crippen molar-refractivity contribution >= 4 is 11.4 Å². The fraction of sp³-hybridized carbons (Fsp3) is 0.364. The lowest BCUT2D eigenvalue weighted by Gasteiger charge is -2.02. The Balaban J connectivity index is 2.64. The molecule has 2 heteroatoms. The van der Waals surface area contributed by atoms with E-state index in [1.807, 2.05) is 19.1 Å². The number of rotatable bonds is 3. The van der Waals surface area contributed by atoms with Crippen molar-refractivity contribution in [2.24, 2.45) is 5.10 Å². The predicted octanol–water partition coefficient (Wildman–Crippen LogP) is 3.19. The first-order valence-corrected chi connectivity index (χ1v) is 4.58. The van der Waals surface area contributed by atoms with Crippen molar-refractivity contribution in [2.45, 2.75) is 27.2 Å². The van der Waals surface area contributed by atoms with Crippen LogP contribution in [0, 0.1) is 6.92 Å². The molecule has 0 saturated carbocycles. The van der Waals surface area contributed by atoms with Crippen LogP contribution in [0.5, 0.6) is 0 Å². The molecule has 0 aliphatic carbocycles. The first-order chi connectivity index (χ1) is 6.22. The van der Waals surface area contributed by atoms with Gasteiger partial charge in [-0.3, -0.25) is 5.43 Å². The topological polar surface area (TPSA) is 24.4 Å². The maximum absolute atomic E-state index is 4.22. The van der Waals surface area contributed by atoms with Gasteiger partial charge in [-0.15, -0.1) is 0 Å². The number of nitrogens with zero attached hydrogens (tertiary/aromatic N) is 1. The van der Waals surface area contributed by atoms with E-state index in [9.17, 15) is 0 Å². The number of hydrazone groups is 1. The standard InChI is InChI=1S/C11H16N2/c1-4-10(3)12-13-11-7-5-6-9(2)8-11/h5-8,13H,4H2,1-3H3/b12-10+. The van der Waals surface area contributed by atoms with E-state index in [4.69, 9.17) is 0 Å². The Bertz CT molecular complexity index is 303. The van der Waals surface area contributed by atoms with Crippen molar-refractivity contribution in [3.8, 4) is 0 Å². The van der Waals surface area contributed by atoms with Crippen molar-refractivity contribution in [3.63, 3.8) is 0 Å². The van der Waals surface area contributed by atoms with E-state index < -0.39 is 0 Å². The van der Waals surface area contributed by atoms with Crippen LogP contribution >= 0.6 is 0 Å². The largest absolute Gasteiger partial charge is 0.279 e. The van der Waals surface area contributed by atoms with Gasteiger partial charge in [0.05, 0.1) is 5.69 Å². The maximum atomic E-state index is 4.22. The minimum Gasteiger partial charge on any atom is -0.279 e. The van der Waals surface area contributed by atoms with Gasteiger partial charge >= 0.3 is 0 Å². The van der Waals surface area contributed by atoms with Crippen LogP contribution in [0.2, 0.25) is 0 Å². The Morgan fingerprint density at radius 2 is 2.23 bits per heavy atom. The van der Waals surface area contributed by atoms with Crippen LogP contribution in [0.3, 0.4) is 0 Å². The number of nitrogens with one attached hydrogen (secondary N) is 1. The highest BCUT2D eigenvalue weighted by molar-refractivity contribution is 5.82. The van der Waals surface area contributed by atoms with Crippen LogP contribution in [0.4, 0.5) is 5.69 Å². The summed E-state index contributed by atoms with van der Waals surface area (Å²) in [7, 11) is 0. The van der Waals surface area contributed by atoms with Crippen LogP contribution in [-0.4, -0.2) is 5.71 Å². The smallest absolute Gasteiger partial charge is 0.0564 e. The number of aryl methyl sites for hydroxylation is 1. The predicted molar refractivity (Wildman–Crippen MR) is 58.2 cm³/mol. The van der Waals surface area contributed by atoms with Crippen molar-refractivity contribution < 1.29 is 0 Å². The molecule has 13 heavy (non-hydrogen) atoms. The quantitative estimate of drug-likeness (QED) is 0.555. The molecule has 0 fully saturated rings. The highest BCUT2D eigenvalue weighted by atomic mass is 15.3. The molecule has 0 aliphatic rings. The van der Waals surface area contributed by atoms with Crippen LogP contribution < -0.4 is 5.43 Å². The van der Waals surface area contributed by atoms with Gasteiger partial charge in [-0.25, -0.2) is 0 Å². The third-order valence-corrected chi connectivity index (χ3v) is 1.91. The molecule has 0 heterocycles. The molecule has 1 aromatic carbocycles. The average molecular weight is 176 g/mol. The van der Waals surface area contributed by atoms with Crippen molar-refractivity contribution in [1.82, 2.24) is 0 Å². The zero-order chi connectivity index (χ0) is 9.68. The summed E-state index contributed by atoms with van der Waals surface area (Å²) in [4.78, 5) is 0. The molecule has 70 valence electrons. The molecule has 0 saturated heterocycles. The third-order valence-electron chi connectivity index (χ3n) is 1.91. The molecule has 1 aromatic rings. The Morgan fingerprint density at radius 1 is 1.46 bits per heavy atom. The second-order valence-electron chi connectivity index (χ2n) is 3.18. The van der Waals surface area contributed by atoms with Gasteiger partial charge in [0.1, 0.15) is 0 Å². The van der Waals surface area contributed by atoms with Crippen molar-refractivity contribution in [3.05, 3.63) is 29.8 Å². The second-order valence-corrected chi connectivity index (χ2v) is 3.18. The van der Waals surface area contributed by atoms with Gasteiger partial charge in [-0.1, -0.05) is 19.1 Å². The van der Waals surface area contributed by atoms with Gasteiger partial charge in [0.15, 0.2) is 0 Å². The minimum absolute atomic E-state index is 0.985. The van der Waals surface area contributed by atoms with E-state index in [0.717, 1.165) is 17.8 Å². The first-order valence-electron chi connectivity index (χ1n) is 4.58. The number of hydrogen-bond donors (Lipinski definition) is 1. The molecule has 0 atom stereocenters. The summed E-state index contributed by atoms with van der Waals surface area (Å²) < 4.78 is 0. The van der Waals surface area contributed by atoms with E-state index in [1.165, 1.54) is 5.56 Å². The highest BCUT2D eigenvalue weighted by Gasteiger charge is 1.89. The monoisotopic (exact) mass is 176 g/mol. The fourth-order valence-electron chi connectivity index (χ4n) is 0.954. The summed E-state index contributed by atoms with van der Waals surface area (Å²) in [5.41, 5.74) is 6.43. The van der Waals surface area contributed by atoms with Crippen LogP contribution in [0.15, 0.2) is 29.4 Å². The summed E-state index contributed by atoms with van der Waals surface area (Å²) in [5.74, 6) is 0. The fourth-order valence-corrected chi connectivity index (χ4v) is 0.954. The third kappa shape index (κ3) is 3.28. The molecule has 0 radical (unpaired) electrons. The van der Waals surface area contributed by atoms with Gasteiger partial charge in [0, 0.05) is 5.71 Å². The molecule has 0 bridgehead atoms. The zero-order valence-corrected chi connectivity index (χ0v) is 8.46. The maximum Gasteiger partial charge on any atom is 0.0564 e. The highest BCUT2D eigenvalue weighted by Crippen LogP contribution is 2.09. The molecule has 0 unspecified atom stereocenters. The van der Waals surface area contributed by atoms with Gasteiger partial charge in [-0.05, 0) is 38.0 Å². The van der Waals surface area contributed by atoms with E-state index in [1.54, 1.807) is 0 Å². The molecule has 1 N–H and O–H groups in total. The van der Waals surface area contributed by atoms with Crippen LogP contribution in [-0.2, 0) is 0 Å². The summed E-state index contributed by atoms with van der Waals surface area (Å²) in [6.07, 6.45) is 0.985. The van der Waals surface area contributed by atoms with E-state index >= 15 is 0 Å². The summed E-state index contributed by atoms with van der Waals surface area (Å²) in [6, 6.07) is 8.18. The van der Waals surface area contributed by atoms with Crippen molar-refractivity contribution in [2.75, 3.05) is 5.43 Å². The Hall–Kier alpha value is -1.31. The van der Waals surface area contributed by atoms with Gasteiger partial charge < -0.3 is 0 Å². The minimum atomic E-state index is 0.985. The Kier molecular flexibility index (Phi) is 3.50. The number of benzene rings is 1. The van der Waals surface area contributed by atoms with Gasteiger partial charge in [-0.2, -0.15) is 5.10 Å². The average Bonchev–Trinajstić information content (AvgIpc) is 2.14. The normalized spacial score (nSPS) is 11.5. The van der Waals surface area contributed by atoms with E-state index in [-0.39, 0.29) is 0 Å². The van der Waals surface area contributed by atoms with Gasteiger partial charge in [0.2, 0.25) is 0 Å². The number of anilines is 1. The molecule has 0 aromatic heterocycles. The molecular weight excluding hydrogens is 160 g/mol. The Labute approximate surface area is 79.7 Å². The van der Waals surface area contributed by atoms with Crippen molar-refractivity contribution in [1.29, 1.82) is 0 Å². The second kappa shape index (κ2) is 4.65. The number of hydrogen-bond acceptors (Lipinski definition) is 2. The molecule has 0 spiro atoms. The molecular formula is C11H16N2. The lowest BCUT2D eigenvalue weighted by Crippen LogP contribution is -1.95. The van der Waals surface area contributed by atoms with Crippen LogP contribution in [0.25, 0.3) is 0 Å². The lowest BCUT2D eigenvalue weighted by atomic mass is 10.2. The van der Waals surface area contributed by atoms with E-state index in [2.05, 4.69) is 36.5 Å². The summed E-state index contributed by atoms with van der Waals surface area (Å²) in [5, 5.41) is 4.22. The molecule has 0 amide bonds. The SMILES string of the molecule is CC/C(C)=N/Nc1cccc(C)c1. The lowest BCUT2D eigenvalue weighted by molar-refractivity contribution is 1.21. The van der Waals surface area contributed by atoms with Gasteiger partial charge in [0.25, 0.3) is 0 Å². The molecule has 1 rings (SSSR count). The molecule has 2 nitrogen and oxygen atoms in total. The van der Waals surface area contributed by atoms with Crippen LogP contribution in [0.1, 0.15) is 25.8 Å². The Morgan fingerprint density at radius 3 is 2.85 bits per heavy atom. The zero-order valence-electron chi connectivity index (χ0n) is 8.46. The first kappa shape index (κ1) is 9.78. The van der Waals surface area contributed by atoms with E-state index in [0.29, 0.717) is 0 Å². The summed E-state index contributed by atoms with van der Waals surface area (Å²) in [6.45, 7) is 6.18. The molecule has 0 aliphatic heterocycles. The summed E-state index contributed by atoms with van der Waals surface area (Å²) >= 11 is 0.